The molecule has 0 radical (unpaired) electrons. The van der Waals surface area contributed by atoms with Gasteiger partial charge < -0.3 is 19.0 Å². The predicted molar refractivity (Wildman–Crippen MR) is 132 cm³/mol. The van der Waals surface area contributed by atoms with Crippen molar-refractivity contribution in [3.8, 4) is 6.07 Å². The van der Waals surface area contributed by atoms with E-state index in [0.29, 0.717) is 56.2 Å². The molecule has 1 aromatic carbocycles. The van der Waals surface area contributed by atoms with E-state index in [9.17, 15) is 10.1 Å². The van der Waals surface area contributed by atoms with Gasteiger partial charge in [0.05, 0.1) is 42.3 Å². The number of fused-ring (bicyclic) bond motifs is 1. The minimum absolute atomic E-state index is 0.0317. The summed E-state index contributed by atoms with van der Waals surface area (Å²) in [4.78, 5) is 22.5. The predicted octanol–water partition coefficient (Wildman–Crippen LogP) is 4.75. The second-order valence-corrected chi connectivity index (χ2v) is 9.48. The zero-order chi connectivity index (χ0) is 24.5. The lowest BCUT2D eigenvalue weighted by Gasteiger charge is -2.43. The summed E-state index contributed by atoms with van der Waals surface area (Å²) in [5.74, 6) is 1.52. The van der Waals surface area contributed by atoms with Crippen molar-refractivity contribution in [2.45, 2.75) is 45.8 Å². The van der Waals surface area contributed by atoms with Crippen LogP contribution in [0.4, 0.5) is 5.82 Å². The minimum Gasteiger partial charge on any atom is -0.469 e. The number of hydrogen-bond donors (Lipinski definition) is 0. The summed E-state index contributed by atoms with van der Waals surface area (Å²) in [5, 5.41) is 10.3. The third-order valence-electron chi connectivity index (χ3n) is 7.04. The van der Waals surface area contributed by atoms with E-state index < -0.39 is 0 Å². The maximum absolute atomic E-state index is 13.3. The number of hydrogen-bond acceptors (Lipinski definition) is 6. The lowest BCUT2D eigenvalue weighted by molar-refractivity contribution is 0.0719. The SMILES string of the molecule is Cc1occc1C(=O)N1CCN(c2nc(C(C)C)c3c(c2C#N)CCOC3)C(c2ccccc2)C1. The standard InChI is InChI=1S/C28H30N4O3/c1-18(2)26-24-17-34-13-9-22(24)23(15-29)27(30-26)32-12-11-31(28(33)21-10-14-35-19(21)3)16-25(32)20-7-5-4-6-8-20/h4-8,10,14,18,25H,9,11-13,16-17H2,1-3H3. The first-order valence-electron chi connectivity index (χ1n) is 12.2. The molecule has 2 aliphatic heterocycles. The van der Waals surface area contributed by atoms with E-state index >= 15 is 0 Å². The van der Waals surface area contributed by atoms with Crippen LogP contribution < -0.4 is 4.90 Å². The molecule has 0 spiro atoms. The smallest absolute Gasteiger partial charge is 0.257 e. The van der Waals surface area contributed by atoms with Gasteiger partial charge in [0, 0.05) is 25.2 Å². The van der Waals surface area contributed by atoms with Gasteiger partial charge in [0.25, 0.3) is 5.91 Å². The van der Waals surface area contributed by atoms with E-state index in [0.717, 1.165) is 28.2 Å². The van der Waals surface area contributed by atoms with Crippen molar-refractivity contribution in [2.24, 2.45) is 0 Å². The molecule has 0 bridgehead atoms. The number of piperazine rings is 1. The zero-order valence-corrected chi connectivity index (χ0v) is 20.5. The molecule has 0 aliphatic carbocycles. The van der Waals surface area contributed by atoms with Gasteiger partial charge in [-0.25, -0.2) is 4.98 Å². The molecule has 3 aromatic rings. The number of amides is 1. The summed E-state index contributed by atoms with van der Waals surface area (Å²) >= 11 is 0. The van der Waals surface area contributed by atoms with Gasteiger partial charge in [-0.2, -0.15) is 5.26 Å². The lowest BCUT2D eigenvalue weighted by atomic mass is 9.92. The van der Waals surface area contributed by atoms with E-state index in [1.807, 2.05) is 30.0 Å². The molecule has 7 nitrogen and oxygen atoms in total. The minimum atomic E-state index is -0.126. The summed E-state index contributed by atoms with van der Waals surface area (Å²) in [7, 11) is 0. The molecule has 1 atom stereocenters. The Balaban J connectivity index is 1.59. The average Bonchev–Trinajstić information content (AvgIpc) is 3.33. The fourth-order valence-corrected chi connectivity index (χ4v) is 5.22. The number of carbonyl (C=O) groups excluding carboxylic acids is 1. The molecule has 1 saturated heterocycles. The number of rotatable bonds is 4. The highest BCUT2D eigenvalue weighted by atomic mass is 16.5. The van der Waals surface area contributed by atoms with Crippen molar-refractivity contribution in [1.29, 1.82) is 5.26 Å². The number of pyridine rings is 1. The number of nitriles is 1. The lowest BCUT2D eigenvalue weighted by Crippen LogP contribution is -2.51. The van der Waals surface area contributed by atoms with Crippen LogP contribution in [0.5, 0.6) is 0 Å². The molecule has 0 N–H and O–H groups in total. The van der Waals surface area contributed by atoms with Crippen molar-refractivity contribution >= 4 is 11.7 Å². The molecule has 5 rings (SSSR count). The number of aryl methyl sites for hydroxylation is 1. The van der Waals surface area contributed by atoms with Gasteiger partial charge in [-0.05, 0) is 36.5 Å². The molecule has 2 aliphatic rings. The molecule has 7 heteroatoms. The number of furan rings is 1. The Labute approximate surface area is 205 Å². The largest absolute Gasteiger partial charge is 0.469 e. The highest BCUT2D eigenvalue weighted by Crippen LogP contribution is 2.38. The molecule has 2 aromatic heterocycles. The number of ether oxygens (including phenoxy) is 1. The fourth-order valence-electron chi connectivity index (χ4n) is 5.22. The van der Waals surface area contributed by atoms with Crippen molar-refractivity contribution in [2.75, 3.05) is 31.1 Å². The Hall–Kier alpha value is -3.63. The highest BCUT2D eigenvalue weighted by Gasteiger charge is 2.35. The molecule has 180 valence electrons. The van der Waals surface area contributed by atoms with Gasteiger partial charge in [0.1, 0.15) is 17.6 Å². The Kier molecular flexibility index (Phi) is 6.31. The van der Waals surface area contributed by atoms with Gasteiger partial charge in [-0.15, -0.1) is 0 Å². The van der Waals surface area contributed by atoms with Crippen LogP contribution in [-0.2, 0) is 17.8 Å². The third-order valence-corrected chi connectivity index (χ3v) is 7.04. The highest BCUT2D eigenvalue weighted by molar-refractivity contribution is 5.95. The van der Waals surface area contributed by atoms with Crippen LogP contribution in [0.3, 0.4) is 0 Å². The van der Waals surface area contributed by atoms with Gasteiger partial charge in [0.15, 0.2) is 0 Å². The van der Waals surface area contributed by atoms with Crippen LogP contribution in [0.15, 0.2) is 47.1 Å². The molecular weight excluding hydrogens is 440 g/mol. The van der Waals surface area contributed by atoms with E-state index in [2.05, 4.69) is 36.9 Å². The summed E-state index contributed by atoms with van der Waals surface area (Å²) in [6.45, 7) is 8.80. The molecule has 1 fully saturated rings. The first kappa shape index (κ1) is 23.1. The van der Waals surface area contributed by atoms with Gasteiger partial charge in [0.2, 0.25) is 0 Å². The maximum atomic E-state index is 13.3. The quantitative estimate of drug-likeness (QED) is 0.547. The molecule has 4 heterocycles. The Bertz CT molecular complexity index is 1280. The van der Waals surface area contributed by atoms with Crippen LogP contribution in [0, 0.1) is 18.3 Å². The molecule has 0 saturated carbocycles. The molecular formula is C28H30N4O3. The van der Waals surface area contributed by atoms with E-state index in [4.69, 9.17) is 14.1 Å². The summed E-state index contributed by atoms with van der Waals surface area (Å²) in [6.07, 6.45) is 2.27. The first-order valence-corrected chi connectivity index (χ1v) is 12.2. The number of anilines is 1. The Morgan fingerprint density at radius 2 is 1.97 bits per heavy atom. The topological polar surface area (TPSA) is 82.6 Å². The van der Waals surface area contributed by atoms with Gasteiger partial charge in [-0.3, -0.25) is 4.79 Å². The second-order valence-electron chi connectivity index (χ2n) is 9.48. The first-order chi connectivity index (χ1) is 17.0. The van der Waals surface area contributed by atoms with Crippen LogP contribution >= 0.6 is 0 Å². The van der Waals surface area contributed by atoms with Crippen molar-refractivity contribution in [3.63, 3.8) is 0 Å². The van der Waals surface area contributed by atoms with Crippen LogP contribution in [0.25, 0.3) is 0 Å². The average molecular weight is 471 g/mol. The summed E-state index contributed by atoms with van der Waals surface area (Å²) < 4.78 is 11.1. The van der Waals surface area contributed by atoms with Crippen molar-refractivity contribution < 1.29 is 13.9 Å². The fraction of sp³-hybridized carbons (Fsp3) is 0.393. The second kappa shape index (κ2) is 9.55. The van der Waals surface area contributed by atoms with Gasteiger partial charge in [-0.1, -0.05) is 44.2 Å². The number of benzene rings is 1. The Morgan fingerprint density at radius 3 is 2.66 bits per heavy atom. The number of nitrogens with zero attached hydrogens (tertiary/aromatic N) is 4. The van der Waals surface area contributed by atoms with Crippen molar-refractivity contribution in [3.05, 3.63) is 81.9 Å². The summed E-state index contributed by atoms with van der Waals surface area (Å²) in [6, 6.07) is 14.2. The van der Waals surface area contributed by atoms with Crippen LogP contribution in [0.2, 0.25) is 0 Å². The van der Waals surface area contributed by atoms with E-state index in [1.54, 1.807) is 12.3 Å². The zero-order valence-electron chi connectivity index (χ0n) is 20.5. The van der Waals surface area contributed by atoms with Crippen LogP contribution in [-0.4, -0.2) is 42.0 Å². The monoisotopic (exact) mass is 470 g/mol. The van der Waals surface area contributed by atoms with E-state index in [-0.39, 0.29) is 17.9 Å². The van der Waals surface area contributed by atoms with Gasteiger partial charge >= 0.3 is 0 Å². The number of aromatic nitrogens is 1. The third kappa shape index (κ3) is 4.19. The van der Waals surface area contributed by atoms with E-state index in [1.165, 1.54) is 0 Å². The molecule has 1 unspecified atom stereocenters. The normalized spacial score (nSPS) is 17.9. The van der Waals surface area contributed by atoms with Crippen LogP contribution in [0.1, 0.15) is 69.9 Å². The van der Waals surface area contributed by atoms with Crippen molar-refractivity contribution in [1.82, 2.24) is 9.88 Å². The summed E-state index contributed by atoms with van der Waals surface area (Å²) in [5.41, 5.74) is 5.44. The number of carbonyl (C=O) groups is 1. The maximum Gasteiger partial charge on any atom is 0.257 e. The molecule has 1 amide bonds. The molecule has 35 heavy (non-hydrogen) atoms. The Morgan fingerprint density at radius 1 is 1.17 bits per heavy atom.